The Kier molecular flexibility index (Phi) is 6.25. The van der Waals surface area contributed by atoms with Gasteiger partial charge in [0.1, 0.15) is 5.75 Å². The summed E-state index contributed by atoms with van der Waals surface area (Å²) in [5.74, 6) is -0.545. The Hall–Kier alpha value is -2.99. The first-order valence-electron chi connectivity index (χ1n) is 7.75. The second-order valence-electron chi connectivity index (χ2n) is 5.71. The van der Waals surface area contributed by atoms with Crippen molar-refractivity contribution in [1.82, 2.24) is 0 Å². The van der Waals surface area contributed by atoms with Crippen LogP contribution < -0.4 is 0 Å². The normalized spacial score (nSPS) is 11.9. The van der Waals surface area contributed by atoms with Crippen molar-refractivity contribution in [2.24, 2.45) is 0 Å². The van der Waals surface area contributed by atoms with Crippen molar-refractivity contribution in [2.45, 2.75) is 11.3 Å². The Morgan fingerprint density at radius 1 is 0.846 bits per heavy atom. The summed E-state index contributed by atoms with van der Waals surface area (Å²) in [6, 6.07) is 12.4. The number of sulfone groups is 1. The fraction of sp³-hybridized carbons (Fsp3) is 0.100. The fourth-order valence-electron chi connectivity index (χ4n) is 2.08. The zero-order chi connectivity index (χ0) is 19.2. The Bertz CT molecular complexity index is 950. The highest BCUT2D eigenvalue weighted by molar-refractivity contribution is 7.90. The minimum absolute atomic E-state index is 0.137. The van der Waals surface area contributed by atoms with Gasteiger partial charge in [-0.25, -0.2) is 8.42 Å². The van der Waals surface area contributed by atoms with E-state index in [1.807, 2.05) is 0 Å². The van der Waals surface area contributed by atoms with E-state index in [0.717, 1.165) is 11.8 Å². The number of hydrogen-bond acceptors (Lipinski definition) is 5. The van der Waals surface area contributed by atoms with Gasteiger partial charge in [0, 0.05) is 6.26 Å². The van der Waals surface area contributed by atoms with E-state index in [-0.39, 0.29) is 28.6 Å². The zero-order valence-electron chi connectivity index (χ0n) is 14.1. The van der Waals surface area contributed by atoms with E-state index in [2.05, 4.69) is 0 Å². The van der Waals surface area contributed by atoms with E-state index in [1.165, 1.54) is 42.5 Å². The molecule has 26 heavy (non-hydrogen) atoms. The van der Waals surface area contributed by atoms with Gasteiger partial charge in [0.25, 0.3) is 0 Å². The number of allylic oxidation sites excluding steroid dienone is 2. The number of phenolic OH excluding ortho intramolecular Hbond substituents is 1. The number of ketones is 2. The lowest BCUT2D eigenvalue weighted by Gasteiger charge is -1.98. The average Bonchev–Trinajstić information content (AvgIpc) is 2.59. The van der Waals surface area contributed by atoms with Crippen LogP contribution in [0.2, 0.25) is 0 Å². The van der Waals surface area contributed by atoms with Gasteiger partial charge in [-0.1, -0.05) is 36.4 Å². The lowest BCUT2D eigenvalue weighted by molar-refractivity contribution is -0.121. The summed E-state index contributed by atoms with van der Waals surface area (Å²) in [6.07, 6.45) is 6.58. The Morgan fingerprint density at radius 3 is 1.69 bits per heavy atom. The molecule has 6 heteroatoms. The van der Waals surface area contributed by atoms with Gasteiger partial charge in [-0.3, -0.25) is 9.59 Å². The van der Waals surface area contributed by atoms with E-state index in [9.17, 15) is 23.1 Å². The highest BCUT2D eigenvalue weighted by Gasteiger charge is 2.06. The number of benzene rings is 2. The van der Waals surface area contributed by atoms with Crippen LogP contribution >= 0.6 is 0 Å². The lowest BCUT2D eigenvalue weighted by Crippen LogP contribution is -2.01. The summed E-state index contributed by atoms with van der Waals surface area (Å²) in [6.45, 7) is 0. The molecule has 134 valence electrons. The third kappa shape index (κ3) is 6.14. The summed E-state index contributed by atoms with van der Waals surface area (Å²) in [7, 11) is -3.26. The summed E-state index contributed by atoms with van der Waals surface area (Å²) >= 11 is 0. The van der Waals surface area contributed by atoms with Crippen LogP contribution in [0.25, 0.3) is 12.2 Å². The molecule has 0 unspecified atom stereocenters. The molecule has 0 atom stereocenters. The maximum Gasteiger partial charge on any atom is 0.175 e. The van der Waals surface area contributed by atoms with Gasteiger partial charge < -0.3 is 5.11 Å². The van der Waals surface area contributed by atoms with E-state index < -0.39 is 9.84 Å². The molecule has 5 nitrogen and oxygen atoms in total. The predicted octanol–water partition coefficient (Wildman–Crippen LogP) is 3.05. The smallest absolute Gasteiger partial charge is 0.175 e. The minimum atomic E-state index is -3.26. The van der Waals surface area contributed by atoms with Gasteiger partial charge in [-0.05, 0) is 47.5 Å². The van der Waals surface area contributed by atoms with Gasteiger partial charge in [0.05, 0.1) is 11.3 Å². The maximum absolute atomic E-state index is 11.8. The Balaban J connectivity index is 1.92. The molecule has 2 aromatic rings. The molecule has 0 bridgehead atoms. The summed E-state index contributed by atoms with van der Waals surface area (Å²) in [4.78, 5) is 23.8. The van der Waals surface area contributed by atoms with Crippen LogP contribution in [-0.4, -0.2) is 31.3 Å². The zero-order valence-corrected chi connectivity index (χ0v) is 14.9. The second-order valence-corrected chi connectivity index (χ2v) is 7.72. The second kappa shape index (κ2) is 8.40. The van der Waals surface area contributed by atoms with Crippen molar-refractivity contribution < 1.29 is 23.1 Å². The van der Waals surface area contributed by atoms with Crippen LogP contribution in [0.1, 0.15) is 17.5 Å². The molecule has 0 aliphatic heterocycles. The van der Waals surface area contributed by atoms with Crippen molar-refractivity contribution in [3.8, 4) is 5.75 Å². The molecule has 2 rings (SSSR count). The monoisotopic (exact) mass is 370 g/mol. The Morgan fingerprint density at radius 2 is 1.27 bits per heavy atom. The number of aromatic hydroxyl groups is 1. The minimum Gasteiger partial charge on any atom is -0.508 e. The Labute approximate surface area is 152 Å². The van der Waals surface area contributed by atoms with Crippen LogP contribution in [0.4, 0.5) is 0 Å². The van der Waals surface area contributed by atoms with Crippen molar-refractivity contribution in [2.75, 3.05) is 6.26 Å². The quantitative estimate of drug-likeness (QED) is 0.598. The fourth-order valence-corrected chi connectivity index (χ4v) is 2.71. The molecular formula is C20H18O5S. The van der Waals surface area contributed by atoms with Crippen LogP contribution in [0.5, 0.6) is 5.75 Å². The molecule has 0 saturated heterocycles. The van der Waals surface area contributed by atoms with E-state index in [0.29, 0.717) is 5.56 Å². The molecule has 0 radical (unpaired) electrons. The molecule has 0 saturated carbocycles. The van der Waals surface area contributed by atoms with Crippen molar-refractivity contribution >= 4 is 33.6 Å². The highest BCUT2D eigenvalue weighted by atomic mass is 32.2. The number of carbonyl (C=O) groups excluding carboxylic acids is 2. The number of phenols is 1. The molecule has 0 aliphatic carbocycles. The third-order valence-corrected chi connectivity index (χ3v) is 4.60. The van der Waals surface area contributed by atoms with Gasteiger partial charge >= 0.3 is 0 Å². The van der Waals surface area contributed by atoms with E-state index in [1.54, 1.807) is 30.3 Å². The first-order valence-corrected chi connectivity index (χ1v) is 9.64. The topological polar surface area (TPSA) is 88.5 Å². The first-order chi connectivity index (χ1) is 12.2. The number of hydrogen-bond donors (Lipinski definition) is 1. The van der Waals surface area contributed by atoms with Gasteiger partial charge in [-0.15, -0.1) is 0 Å². The molecule has 1 N–H and O–H groups in total. The van der Waals surface area contributed by atoms with Gasteiger partial charge in [0.2, 0.25) is 0 Å². The molecule has 2 aromatic carbocycles. The highest BCUT2D eigenvalue weighted by Crippen LogP contribution is 2.12. The molecule has 0 heterocycles. The maximum atomic E-state index is 11.8. The molecule has 0 amide bonds. The van der Waals surface area contributed by atoms with Crippen molar-refractivity contribution in [3.05, 3.63) is 71.8 Å². The molecule has 0 spiro atoms. The van der Waals surface area contributed by atoms with Crippen LogP contribution in [0.15, 0.2) is 65.6 Å². The molecular weight excluding hydrogens is 352 g/mol. The van der Waals surface area contributed by atoms with Crippen LogP contribution in [0, 0.1) is 0 Å². The standard InChI is InChI=1S/C20H18O5S/c1-26(24,25)20-12-6-16(7-13-20)5-11-19(23)14-18(22)10-4-15-2-8-17(21)9-3-15/h2-13,21H,14H2,1H3. The predicted molar refractivity (Wildman–Crippen MR) is 100 cm³/mol. The lowest BCUT2D eigenvalue weighted by atomic mass is 10.1. The summed E-state index contributed by atoms with van der Waals surface area (Å²) < 4.78 is 22.8. The van der Waals surface area contributed by atoms with E-state index in [4.69, 9.17) is 0 Å². The summed E-state index contributed by atoms with van der Waals surface area (Å²) in [5.41, 5.74) is 1.41. The summed E-state index contributed by atoms with van der Waals surface area (Å²) in [5, 5.41) is 9.19. The molecule has 0 fully saturated rings. The average molecular weight is 370 g/mol. The molecule has 0 aliphatic rings. The van der Waals surface area contributed by atoms with E-state index >= 15 is 0 Å². The number of carbonyl (C=O) groups is 2. The largest absolute Gasteiger partial charge is 0.508 e. The SMILES string of the molecule is CS(=O)(=O)c1ccc(C=CC(=O)CC(=O)C=Cc2ccc(O)cc2)cc1. The number of rotatable bonds is 7. The van der Waals surface area contributed by atoms with Gasteiger partial charge in [0.15, 0.2) is 21.4 Å². The first kappa shape index (κ1) is 19.3. The van der Waals surface area contributed by atoms with Crippen molar-refractivity contribution in [1.29, 1.82) is 0 Å². The van der Waals surface area contributed by atoms with Gasteiger partial charge in [-0.2, -0.15) is 0 Å². The molecule has 0 aromatic heterocycles. The third-order valence-electron chi connectivity index (χ3n) is 3.47. The van der Waals surface area contributed by atoms with Crippen LogP contribution in [-0.2, 0) is 19.4 Å². The van der Waals surface area contributed by atoms with Crippen molar-refractivity contribution in [3.63, 3.8) is 0 Å². The van der Waals surface area contributed by atoms with Crippen LogP contribution in [0.3, 0.4) is 0 Å².